The van der Waals surface area contributed by atoms with Crippen molar-refractivity contribution in [2.45, 2.75) is 53.4 Å². The Balaban J connectivity index is 0.00000441. The summed E-state index contributed by atoms with van der Waals surface area (Å²) in [5.41, 5.74) is 0. The van der Waals surface area contributed by atoms with Crippen molar-refractivity contribution >= 4 is 29.9 Å². The summed E-state index contributed by atoms with van der Waals surface area (Å²) in [5, 5.41) is 6.75. The molecule has 1 rings (SSSR count). The minimum atomic E-state index is 0. The molecule has 132 valence electrons. The Bertz CT molecular complexity index is 286. The van der Waals surface area contributed by atoms with Crippen molar-refractivity contribution in [2.75, 3.05) is 39.3 Å². The number of nitrogens with one attached hydrogen (secondary N) is 2. The third-order valence-corrected chi connectivity index (χ3v) is 4.03. The van der Waals surface area contributed by atoms with Crippen LogP contribution in [0.15, 0.2) is 4.99 Å². The van der Waals surface area contributed by atoms with Gasteiger partial charge in [-0.15, -0.1) is 24.0 Å². The van der Waals surface area contributed by atoms with E-state index >= 15 is 0 Å². The third-order valence-electron chi connectivity index (χ3n) is 4.03. The zero-order valence-corrected chi connectivity index (χ0v) is 17.4. The Kier molecular flexibility index (Phi) is 13.4. The number of guanidine groups is 1. The number of likely N-dealkylation sites (tertiary alicyclic amines) is 1. The molecule has 22 heavy (non-hydrogen) atoms. The van der Waals surface area contributed by atoms with Gasteiger partial charge in [0, 0.05) is 19.6 Å². The summed E-state index contributed by atoms with van der Waals surface area (Å²) in [4.78, 5) is 7.22. The molecule has 0 aromatic heterocycles. The standard InChI is InChI=1S/C17H36N4.HI/c1-5-18-17(20-14-15(2)3)19-10-6-7-11-21-12-8-16(4)9-13-21;/h15-16H,5-14H2,1-4H3,(H2,18,19,20);1H. The summed E-state index contributed by atoms with van der Waals surface area (Å²) in [5.74, 6) is 2.52. The van der Waals surface area contributed by atoms with Gasteiger partial charge >= 0.3 is 0 Å². The first kappa shape index (κ1) is 22.0. The molecule has 0 radical (unpaired) electrons. The number of unbranched alkanes of at least 4 members (excludes halogenated alkanes) is 1. The molecule has 4 nitrogen and oxygen atoms in total. The Labute approximate surface area is 154 Å². The number of nitrogens with zero attached hydrogens (tertiary/aromatic N) is 2. The van der Waals surface area contributed by atoms with E-state index < -0.39 is 0 Å². The molecule has 1 fully saturated rings. The molecule has 5 heteroatoms. The number of hydrogen-bond acceptors (Lipinski definition) is 2. The van der Waals surface area contributed by atoms with Gasteiger partial charge in [-0.25, -0.2) is 0 Å². The maximum absolute atomic E-state index is 4.59. The normalized spacial score (nSPS) is 17.4. The van der Waals surface area contributed by atoms with E-state index in [4.69, 9.17) is 0 Å². The van der Waals surface area contributed by atoms with Crippen LogP contribution in [0.25, 0.3) is 0 Å². The molecular weight excluding hydrogens is 387 g/mol. The minimum absolute atomic E-state index is 0. The zero-order chi connectivity index (χ0) is 15.5. The van der Waals surface area contributed by atoms with Gasteiger partial charge in [-0.05, 0) is 64.1 Å². The topological polar surface area (TPSA) is 39.7 Å². The highest BCUT2D eigenvalue weighted by molar-refractivity contribution is 14.0. The van der Waals surface area contributed by atoms with Crippen molar-refractivity contribution in [1.82, 2.24) is 15.5 Å². The molecule has 0 saturated carbocycles. The highest BCUT2D eigenvalue weighted by Crippen LogP contribution is 2.15. The van der Waals surface area contributed by atoms with Crippen LogP contribution in [0.3, 0.4) is 0 Å². The van der Waals surface area contributed by atoms with Gasteiger partial charge in [0.25, 0.3) is 0 Å². The second kappa shape index (κ2) is 13.4. The Morgan fingerprint density at radius 2 is 1.86 bits per heavy atom. The highest BCUT2D eigenvalue weighted by Gasteiger charge is 2.14. The number of aliphatic imine (C=N–C) groups is 1. The first-order chi connectivity index (χ1) is 10.1. The number of hydrogen-bond donors (Lipinski definition) is 2. The molecule has 0 spiro atoms. The molecule has 1 saturated heterocycles. The van der Waals surface area contributed by atoms with E-state index in [-0.39, 0.29) is 24.0 Å². The van der Waals surface area contributed by atoms with Crippen molar-refractivity contribution in [2.24, 2.45) is 16.8 Å². The molecule has 0 atom stereocenters. The fourth-order valence-corrected chi connectivity index (χ4v) is 2.57. The van der Waals surface area contributed by atoms with E-state index in [1.54, 1.807) is 0 Å². The van der Waals surface area contributed by atoms with E-state index in [1.165, 1.54) is 45.3 Å². The van der Waals surface area contributed by atoms with Gasteiger partial charge in [0.1, 0.15) is 0 Å². The molecule has 1 aliphatic rings. The Morgan fingerprint density at radius 3 is 2.45 bits per heavy atom. The van der Waals surface area contributed by atoms with Gasteiger partial charge in [0.2, 0.25) is 0 Å². The van der Waals surface area contributed by atoms with Crippen LogP contribution in [0.1, 0.15) is 53.4 Å². The Morgan fingerprint density at radius 1 is 1.18 bits per heavy atom. The van der Waals surface area contributed by atoms with Crippen molar-refractivity contribution in [3.63, 3.8) is 0 Å². The number of rotatable bonds is 8. The highest BCUT2D eigenvalue weighted by atomic mass is 127. The van der Waals surface area contributed by atoms with Crippen molar-refractivity contribution in [3.05, 3.63) is 0 Å². The fraction of sp³-hybridized carbons (Fsp3) is 0.941. The molecule has 0 aliphatic carbocycles. The zero-order valence-electron chi connectivity index (χ0n) is 15.0. The summed E-state index contributed by atoms with van der Waals surface area (Å²) >= 11 is 0. The number of piperidine rings is 1. The van der Waals surface area contributed by atoms with Gasteiger partial charge in [0.15, 0.2) is 5.96 Å². The van der Waals surface area contributed by atoms with Gasteiger partial charge in [-0.3, -0.25) is 4.99 Å². The molecule has 0 unspecified atom stereocenters. The summed E-state index contributed by atoms with van der Waals surface area (Å²) in [6.45, 7) is 15.6. The van der Waals surface area contributed by atoms with E-state index in [9.17, 15) is 0 Å². The van der Waals surface area contributed by atoms with Crippen LogP contribution < -0.4 is 10.6 Å². The molecule has 2 N–H and O–H groups in total. The lowest BCUT2D eigenvalue weighted by Gasteiger charge is -2.30. The first-order valence-electron chi connectivity index (χ1n) is 8.86. The van der Waals surface area contributed by atoms with Gasteiger partial charge in [-0.1, -0.05) is 20.8 Å². The molecule has 0 aromatic rings. The Hall–Kier alpha value is -0.0400. The summed E-state index contributed by atoms with van der Waals surface area (Å²) in [7, 11) is 0. The summed E-state index contributed by atoms with van der Waals surface area (Å²) in [6.07, 6.45) is 5.26. The molecular formula is C17H37IN4. The second-order valence-electron chi connectivity index (χ2n) is 6.77. The largest absolute Gasteiger partial charge is 0.357 e. The van der Waals surface area contributed by atoms with E-state index in [2.05, 4.69) is 48.2 Å². The summed E-state index contributed by atoms with van der Waals surface area (Å²) < 4.78 is 0. The molecule has 0 amide bonds. The van der Waals surface area contributed by atoms with Crippen LogP contribution in [0.5, 0.6) is 0 Å². The monoisotopic (exact) mass is 424 g/mol. The second-order valence-corrected chi connectivity index (χ2v) is 6.77. The van der Waals surface area contributed by atoms with Crippen LogP contribution in [0.2, 0.25) is 0 Å². The lowest BCUT2D eigenvalue weighted by Crippen LogP contribution is -2.38. The first-order valence-corrected chi connectivity index (χ1v) is 8.86. The third kappa shape index (κ3) is 10.6. The number of halogens is 1. The lowest BCUT2D eigenvalue weighted by atomic mass is 9.99. The van der Waals surface area contributed by atoms with Gasteiger partial charge in [0.05, 0.1) is 0 Å². The van der Waals surface area contributed by atoms with Crippen LogP contribution in [-0.2, 0) is 0 Å². The van der Waals surface area contributed by atoms with Crippen molar-refractivity contribution < 1.29 is 0 Å². The van der Waals surface area contributed by atoms with Crippen LogP contribution in [0.4, 0.5) is 0 Å². The lowest BCUT2D eigenvalue weighted by molar-refractivity contribution is 0.189. The maximum Gasteiger partial charge on any atom is 0.191 e. The quantitative estimate of drug-likeness (QED) is 0.272. The predicted octanol–water partition coefficient (Wildman–Crippen LogP) is 3.33. The minimum Gasteiger partial charge on any atom is -0.357 e. The van der Waals surface area contributed by atoms with E-state index in [0.717, 1.165) is 31.5 Å². The van der Waals surface area contributed by atoms with E-state index in [0.29, 0.717) is 5.92 Å². The predicted molar refractivity (Wildman–Crippen MR) is 108 cm³/mol. The average molecular weight is 424 g/mol. The van der Waals surface area contributed by atoms with Gasteiger partial charge < -0.3 is 15.5 Å². The molecule has 1 aliphatic heterocycles. The summed E-state index contributed by atoms with van der Waals surface area (Å²) in [6, 6.07) is 0. The molecule has 1 heterocycles. The smallest absolute Gasteiger partial charge is 0.191 e. The van der Waals surface area contributed by atoms with Crippen LogP contribution in [-0.4, -0.2) is 50.1 Å². The average Bonchev–Trinajstić information content (AvgIpc) is 2.46. The van der Waals surface area contributed by atoms with Crippen molar-refractivity contribution in [1.29, 1.82) is 0 Å². The van der Waals surface area contributed by atoms with Crippen LogP contribution in [0, 0.1) is 11.8 Å². The van der Waals surface area contributed by atoms with E-state index in [1.807, 2.05) is 0 Å². The van der Waals surface area contributed by atoms with Crippen LogP contribution >= 0.6 is 24.0 Å². The van der Waals surface area contributed by atoms with Crippen molar-refractivity contribution in [3.8, 4) is 0 Å². The maximum atomic E-state index is 4.59. The van der Waals surface area contributed by atoms with Gasteiger partial charge in [-0.2, -0.15) is 0 Å². The SMILES string of the molecule is CCNC(=NCC(C)C)NCCCCN1CCC(C)CC1.I. The molecule has 0 bridgehead atoms. The fourth-order valence-electron chi connectivity index (χ4n) is 2.57. The molecule has 0 aromatic carbocycles.